The summed E-state index contributed by atoms with van der Waals surface area (Å²) in [5.41, 5.74) is 2.24. The average Bonchev–Trinajstić information content (AvgIpc) is 3.40. The molecule has 0 radical (unpaired) electrons. The molecule has 1 aromatic carbocycles. The van der Waals surface area contributed by atoms with E-state index in [4.69, 9.17) is 0 Å². The van der Waals surface area contributed by atoms with Crippen LogP contribution in [-0.4, -0.2) is 55.0 Å². The Kier molecular flexibility index (Phi) is 4.18. The summed E-state index contributed by atoms with van der Waals surface area (Å²) >= 11 is 1.49. The Morgan fingerprint density at radius 1 is 1.34 bits per heavy atom. The first-order valence-electron chi connectivity index (χ1n) is 9.66. The van der Waals surface area contributed by atoms with E-state index in [1.807, 2.05) is 19.1 Å². The van der Waals surface area contributed by atoms with Crippen LogP contribution in [0.2, 0.25) is 0 Å². The Morgan fingerprint density at radius 3 is 2.93 bits per heavy atom. The molecule has 5 rings (SSSR count). The fourth-order valence-electron chi connectivity index (χ4n) is 4.19. The first-order valence-corrected chi connectivity index (χ1v) is 10.5. The molecular formula is C20H23N7OS. The summed E-state index contributed by atoms with van der Waals surface area (Å²) in [4.78, 5) is 3.72. The maximum atomic E-state index is 10.6. The number of hydrogen-bond donors (Lipinski definition) is 2. The highest BCUT2D eigenvalue weighted by molar-refractivity contribution is 7.18. The standard InChI is InChI=1S/C20H23N7OS/c1-12-11-21-27(25-12)14-4-5-16(17(28)9-14)18-23-24-19(29-18)26(3)15-8-13-6-7-20(2,10-15)22-13/h4-7,9,11,13,15,22,28H,8,10H2,1-3H3/t13-,15-,20+/m1/s1. The van der Waals surface area contributed by atoms with Crippen molar-refractivity contribution >= 4 is 16.5 Å². The van der Waals surface area contributed by atoms with E-state index in [0.29, 0.717) is 28.3 Å². The minimum absolute atomic E-state index is 0.0579. The zero-order valence-electron chi connectivity index (χ0n) is 16.6. The van der Waals surface area contributed by atoms with Crippen molar-refractivity contribution in [2.75, 3.05) is 11.9 Å². The molecule has 2 aromatic heterocycles. The number of nitrogens with zero attached hydrogens (tertiary/aromatic N) is 6. The van der Waals surface area contributed by atoms with E-state index in [0.717, 1.165) is 23.7 Å². The van der Waals surface area contributed by atoms with Crippen molar-refractivity contribution in [2.24, 2.45) is 0 Å². The Hall–Kier alpha value is -2.78. The highest BCUT2D eigenvalue weighted by Gasteiger charge is 2.40. The van der Waals surface area contributed by atoms with Gasteiger partial charge in [-0.25, -0.2) is 0 Å². The lowest BCUT2D eigenvalue weighted by atomic mass is 9.88. The average molecular weight is 410 g/mol. The maximum Gasteiger partial charge on any atom is 0.208 e. The van der Waals surface area contributed by atoms with Gasteiger partial charge >= 0.3 is 0 Å². The molecule has 0 saturated carbocycles. The summed E-state index contributed by atoms with van der Waals surface area (Å²) in [5.74, 6) is 0.138. The van der Waals surface area contributed by atoms with Crippen LogP contribution < -0.4 is 10.2 Å². The molecule has 1 saturated heterocycles. The molecule has 2 bridgehead atoms. The Bertz CT molecular complexity index is 1090. The molecule has 3 atom stereocenters. The number of nitrogens with one attached hydrogen (secondary N) is 1. The number of benzene rings is 1. The first kappa shape index (κ1) is 18.3. The van der Waals surface area contributed by atoms with Gasteiger partial charge in [0.15, 0.2) is 5.01 Å². The smallest absolute Gasteiger partial charge is 0.208 e. The van der Waals surface area contributed by atoms with Crippen molar-refractivity contribution in [3.05, 3.63) is 42.2 Å². The molecule has 2 N–H and O–H groups in total. The number of piperidine rings is 1. The van der Waals surface area contributed by atoms with Crippen LogP contribution in [0.15, 0.2) is 36.5 Å². The van der Waals surface area contributed by atoms with Gasteiger partial charge in [0, 0.05) is 30.7 Å². The van der Waals surface area contributed by atoms with Crippen molar-refractivity contribution < 1.29 is 5.11 Å². The normalized spacial score (nSPS) is 25.5. The molecule has 4 heterocycles. The van der Waals surface area contributed by atoms with Crippen molar-refractivity contribution in [3.8, 4) is 22.0 Å². The molecule has 2 aliphatic heterocycles. The molecule has 0 amide bonds. The SMILES string of the molecule is Cc1cnn(-c2ccc(-c3nnc(N(C)[C@@H]4C[C@H]5C=C[C@@](C)(C4)N5)s3)c(O)c2)n1. The molecule has 0 spiro atoms. The molecule has 0 unspecified atom stereocenters. The molecule has 2 aliphatic rings. The van der Waals surface area contributed by atoms with Gasteiger partial charge in [-0.3, -0.25) is 0 Å². The van der Waals surface area contributed by atoms with Gasteiger partial charge in [-0.2, -0.15) is 15.0 Å². The first-order chi connectivity index (χ1) is 13.9. The number of rotatable bonds is 4. The second kappa shape index (κ2) is 6.64. The lowest BCUT2D eigenvalue weighted by Crippen LogP contribution is -2.53. The van der Waals surface area contributed by atoms with Crippen LogP contribution in [0.25, 0.3) is 16.3 Å². The third-order valence-corrected chi connectivity index (χ3v) is 6.76. The Balaban J connectivity index is 1.37. The van der Waals surface area contributed by atoms with Gasteiger partial charge in [-0.05, 0) is 38.8 Å². The number of fused-ring (bicyclic) bond motifs is 2. The summed E-state index contributed by atoms with van der Waals surface area (Å²) in [7, 11) is 2.08. The van der Waals surface area contributed by atoms with E-state index in [1.165, 1.54) is 16.1 Å². The van der Waals surface area contributed by atoms with E-state index in [2.05, 4.69) is 56.7 Å². The van der Waals surface area contributed by atoms with Crippen molar-refractivity contribution in [1.29, 1.82) is 0 Å². The molecule has 9 heteroatoms. The molecule has 29 heavy (non-hydrogen) atoms. The summed E-state index contributed by atoms with van der Waals surface area (Å²) in [6.45, 7) is 4.12. The summed E-state index contributed by atoms with van der Waals surface area (Å²) in [5, 5.41) is 33.0. The number of aromatic nitrogens is 5. The van der Waals surface area contributed by atoms with Gasteiger partial charge < -0.3 is 15.3 Å². The zero-order chi connectivity index (χ0) is 20.2. The second-order valence-electron chi connectivity index (χ2n) is 8.10. The van der Waals surface area contributed by atoms with Crippen molar-refractivity contribution in [3.63, 3.8) is 0 Å². The minimum atomic E-state index is 0.0579. The van der Waals surface area contributed by atoms with Crippen LogP contribution in [0, 0.1) is 6.92 Å². The van der Waals surface area contributed by atoms with E-state index in [9.17, 15) is 5.11 Å². The fourth-order valence-corrected chi connectivity index (χ4v) is 5.10. The maximum absolute atomic E-state index is 10.6. The van der Waals surface area contributed by atoms with Gasteiger partial charge in [-0.15, -0.1) is 10.2 Å². The Labute approximate surface area is 172 Å². The van der Waals surface area contributed by atoms with E-state index in [-0.39, 0.29) is 11.3 Å². The summed E-state index contributed by atoms with van der Waals surface area (Å²) < 4.78 is 0. The summed E-state index contributed by atoms with van der Waals surface area (Å²) in [6.07, 6.45) is 8.32. The van der Waals surface area contributed by atoms with Gasteiger partial charge in [0.2, 0.25) is 5.13 Å². The van der Waals surface area contributed by atoms with Gasteiger partial charge in [0.1, 0.15) is 5.75 Å². The number of phenols is 1. The number of phenolic OH excluding ortho intramolecular Hbond substituents is 1. The van der Waals surface area contributed by atoms with Gasteiger partial charge in [0.25, 0.3) is 0 Å². The molecule has 150 valence electrons. The van der Waals surface area contributed by atoms with Crippen LogP contribution in [0.5, 0.6) is 5.75 Å². The predicted octanol–water partition coefficient (Wildman–Crippen LogP) is 2.69. The largest absolute Gasteiger partial charge is 0.507 e. The molecule has 0 aliphatic carbocycles. The van der Waals surface area contributed by atoms with Crippen molar-refractivity contribution in [1.82, 2.24) is 30.5 Å². The third-order valence-electron chi connectivity index (χ3n) is 5.71. The third kappa shape index (κ3) is 3.30. The predicted molar refractivity (Wildman–Crippen MR) is 113 cm³/mol. The number of aromatic hydroxyl groups is 1. The van der Waals surface area contributed by atoms with E-state index < -0.39 is 0 Å². The minimum Gasteiger partial charge on any atom is -0.507 e. The number of hydrogen-bond acceptors (Lipinski definition) is 8. The van der Waals surface area contributed by atoms with Crippen LogP contribution >= 0.6 is 11.3 Å². The van der Waals surface area contributed by atoms with Crippen LogP contribution in [0.4, 0.5) is 5.13 Å². The Morgan fingerprint density at radius 2 is 2.21 bits per heavy atom. The quantitative estimate of drug-likeness (QED) is 0.640. The molecule has 1 fully saturated rings. The van der Waals surface area contributed by atoms with Crippen LogP contribution in [-0.2, 0) is 0 Å². The van der Waals surface area contributed by atoms with Gasteiger partial charge in [0.05, 0.1) is 23.1 Å². The highest BCUT2D eigenvalue weighted by Crippen LogP contribution is 2.38. The molecule has 3 aromatic rings. The van der Waals surface area contributed by atoms with Crippen LogP contribution in [0.1, 0.15) is 25.5 Å². The zero-order valence-corrected chi connectivity index (χ0v) is 17.4. The number of anilines is 1. The second-order valence-corrected chi connectivity index (χ2v) is 9.05. The monoisotopic (exact) mass is 409 g/mol. The highest BCUT2D eigenvalue weighted by atomic mass is 32.1. The topological polar surface area (TPSA) is 92.0 Å². The number of aryl methyl sites for hydroxylation is 1. The molecule has 8 nitrogen and oxygen atoms in total. The lowest BCUT2D eigenvalue weighted by molar-refractivity contribution is 0.290. The van der Waals surface area contributed by atoms with E-state index >= 15 is 0 Å². The van der Waals surface area contributed by atoms with Gasteiger partial charge in [-0.1, -0.05) is 23.5 Å². The van der Waals surface area contributed by atoms with Crippen LogP contribution in [0.3, 0.4) is 0 Å². The van der Waals surface area contributed by atoms with Crippen molar-refractivity contribution in [2.45, 2.75) is 44.3 Å². The fraction of sp³-hybridized carbons (Fsp3) is 0.400. The molecular weight excluding hydrogens is 386 g/mol. The van der Waals surface area contributed by atoms with E-state index in [1.54, 1.807) is 12.3 Å². The summed E-state index contributed by atoms with van der Waals surface area (Å²) in [6, 6.07) is 6.17. The lowest BCUT2D eigenvalue weighted by Gasteiger charge is -2.40.